The maximum atomic E-state index is 13.1. The van der Waals surface area contributed by atoms with Crippen molar-refractivity contribution in [2.75, 3.05) is 19.8 Å². The Labute approximate surface area is 130 Å². The normalized spacial score (nSPS) is 12.3. The second-order valence-corrected chi connectivity index (χ2v) is 5.33. The third-order valence-corrected chi connectivity index (χ3v) is 3.21. The lowest BCUT2D eigenvalue weighted by Crippen LogP contribution is -2.28. The minimum absolute atomic E-state index is 0.0724. The van der Waals surface area contributed by atoms with Crippen molar-refractivity contribution in [3.8, 4) is 0 Å². The zero-order valence-corrected chi connectivity index (χ0v) is 12.8. The van der Waals surface area contributed by atoms with E-state index in [1.54, 1.807) is 24.7 Å². The van der Waals surface area contributed by atoms with Crippen LogP contribution in [0.4, 0.5) is 4.39 Å². The average Bonchev–Trinajstić information content (AvgIpc) is 2.99. The van der Waals surface area contributed by atoms with E-state index < -0.39 is 0 Å². The Morgan fingerprint density at radius 2 is 2.18 bits per heavy atom. The predicted octanol–water partition coefficient (Wildman–Crippen LogP) is 2.95. The van der Waals surface area contributed by atoms with Crippen LogP contribution >= 0.6 is 0 Å². The van der Waals surface area contributed by atoms with Crippen LogP contribution < -0.4 is 5.32 Å². The van der Waals surface area contributed by atoms with Crippen molar-refractivity contribution < 1.29 is 9.13 Å². The summed E-state index contributed by atoms with van der Waals surface area (Å²) < 4.78 is 20.6. The highest BCUT2D eigenvalue weighted by Gasteiger charge is 2.11. The molecule has 2 rings (SSSR count). The van der Waals surface area contributed by atoms with E-state index in [2.05, 4.69) is 16.9 Å². The Balaban J connectivity index is 1.92. The van der Waals surface area contributed by atoms with E-state index in [-0.39, 0.29) is 11.9 Å². The number of rotatable bonds is 9. The van der Waals surface area contributed by atoms with Gasteiger partial charge in [-0.05, 0) is 24.6 Å². The van der Waals surface area contributed by atoms with Gasteiger partial charge in [-0.2, -0.15) is 0 Å². The number of imidazole rings is 1. The minimum atomic E-state index is -0.227. The Kier molecular flexibility index (Phi) is 6.30. The highest BCUT2D eigenvalue weighted by Crippen LogP contribution is 2.15. The van der Waals surface area contributed by atoms with Crippen LogP contribution in [-0.2, 0) is 11.3 Å². The molecule has 1 unspecified atom stereocenters. The van der Waals surface area contributed by atoms with Gasteiger partial charge in [0.1, 0.15) is 5.82 Å². The quantitative estimate of drug-likeness (QED) is 0.572. The number of benzene rings is 1. The summed E-state index contributed by atoms with van der Waals surface area (Å²) >= 11 is 0. The molecule has 0 radical (unpaired) electrons. The number of halogens is 1. The lowest BCUT2D eigenvalue weighted by atomic mass is 10.1. The fourth-order valence-corrected chi connectivity index (χ4v) is 2.14. The van der Waals surface area contributed by atoms with Crippen LogP contribution in [0.3, 0.4) is 0 Å². The molecule has 1 N–H and O–H groups in total. The van der Waals surface area contributed by atoms with Gasteiger partial charge in [0.05, 0.1) is 25.6 Å². The lowest BCUT2D eigenvalue weighted by molar-refractivity contribution is 0.154. The number of nitrogens with one attached hydrogen (secondary N) is 1. The first-order valence-electron chi connectivity index (χ1n) is 7.32. The van der Waals surface area contributed by atoms with Gasteiger partial charge in [0.15, 0.2) is 0 Å². The molecule has 0 amide bonds. The second-order valence-electron chi connectivity index (χ2n) is 5.33. The van der Waals surface area contributed by atoms with Gasteiger partial charge in [-0.25, -0.2) is 9.37 Å². The minimum Gasteiger partial charge on any atom is -0.376 e. The van der Waals surface area contributed by atoms with Crippen LogP contribution in [0.15, 0.2) is 55.1 Å². The van der Waals surface area contributed by atoms with E-state index in [1.807, 2.05) is 17.7 Å². The molecule has 0 spiro atoms. The number of nitrogens with zero attached hydrogens (tertiary/aromatic N) is 2. The summed E-state index contributed by atoms with van der Waals surface area (Å²) in [7, 11) is 0. The molecule has 22 heavy (non-hydrogen) atoms. The SMILES string of the molecule is C=C(C)COCCNC(Cn1ccnc1)c1ccc(F)cc1. The predicted molar refractivity (Wildman–Crippen MR) is 85.0 cm³/mol. The van der Waals surface area contributed by atoms with Crippen molar-refractivity contribution in [2.45, 2.75) is 19.5 Å². The van der Waals surface area contributed by atoms with Crippen LogP contribution in [0.2, 0.25) is 0 Å². The molecule has 118 valence electrons. The largest absolute Gasteiger partial charge is 0.376 e. The van der Waals surface area contributed by atoms with E-state index >= 15 is 0 Å². The van der Waals surface area contributed by atoms with Gasteiger partial charge in [-0.1, -0.05) is 24.3 Å². The van der Waals surface area contributed by atoms with Gasteiger partial charge in [0.2, 0.25) is 0 Å². The summed E-state index contributed by atoms with van der Waals surface area (Å²) in [6.07, 6.45) is 5.43. The fourth-order valence-electron chi connectivity index (χ4n) is 2.14. The zero-order chi connectivity index (χ0) is 15.8. The van der Waals surface area contributed by atoms with E-state index in [0.717, 1.165) is 17.7 Å². The van der Waals surface area contributed by atoms with Gasteiger partial charge in [0.25, 0.3) is 0 Å². The van der Waals surface area contributed by atoms with Gasteiger partial charge >= 0.3 is 0 Å². The van der Waals surface area contributed by atoms with E-state index in [1.165, 1.54) is 12.1 Å². The average molecular weight is 303 g/mol. The van der Waals surface area contributed by atoms with E-state index in [9.17, 15) is 4.39 Å². The molecule has 0 saturated carbocycles. The number of aromatic nitrogens is 2. The van der Waals surface area contributed by atoms with Gasteiger partial charge in [-0.3, -0.25) is 0 Å². The molecule has 0 aliphatic carbocycles. The van der Waals surface area contributed by atoms with Gasteiger partial charge in [0, 0.05) is 25.5 Å². The molecule has 0 aliphatic heterocycles. The van der Waals surface area contributed by atoms with E-state index in [0.29, 0.717) is 19.8 Å². The topological polar surface area (TPSA) is 39.1 Å². The summed E-state index contributed by atoms with van der Waals surface area (Å²) in [5.74, 6) is -0.227. The molecule has 1 atom stereocenters. The molecular weight excluding hydrogens is 281 g/mol. The first kappa shape index (κ1) is 16.4. The van der Waals surface area contributed by atoms with Crippen molar-refractivity contribution in [3.05, 3.63) is 66.5 Å². The Bertz CT molecular complexity index is 566. The molecule has 5 heteroatoms. The first-order chi connectivity index (χ1) is 10.6. The van der Waals surface area contributed by atoms with Crippen LogP contribution in [0, 0.1) is 5.82 Å². The molecule has 1 aromatic heterocycles. The lowest BCUT2D eigenvalue weighted by Gasteiger charge is -2.20. The third kappa shape index (κ3) is 5.42. The summed E-state index contributed by atoms with van der Waals surface area (Å²) in [5, 5.41) is 3.44. The first-order valence-corrected chi connectivity index (χ1v) is 7.32. The molecule has 1 aromatic carbocycles. The molecule has 2 aromatic rings. The maximum Gasteiger partial charge on any atom is 0.123 e. The smallest absolute Gasteiger partial charge is 0.123 e. The molecule has 1 heterocycles. The van der Waals surface area contributed by atoms with Crippen LogP contribution in [-0.4, -0.2) is 29.3 Å². The van der Waals surface area contributed by atoms with Crippen molar-refractivity contribution in [1.29, 1.82) is 0 Å². The van der Waals surface area contributed by atoms with E-state index in [4.69, 9.17) is 4.74 Å². The van der Waals surface area contributed by atoms with Crippen LogP contribution in [0.5, 0.6) is 0 Å². The number of hydrogen-bond acceptors (Lipinski definition) is 3. The fraction of sp³-hybridized carbons (Fsp3) is 0.353. The molecular formula is C17H22FN3O. The number of hydrogen-bond donors (Lipinski definition) is 1. The van der Waals surface area contributed by atoms with Gasteiger partial charge < -0.3 is 14.6 Å². The Morgan fingerprint density at radius 3 is 2.82 bits per heavy atom. The zero-order valence-electron chi connectivity index (χ0n) is 12.8. The Morgan fingerprint density at radius 1 is 1.41 bits per heavy atom. The van der Waals surface area contributed by atoms with Crippen molar-refractivity contribution in [2.24, 2.45) is 0 Å². The highest BCUT2D eigenvalue weighted by molar-refractivity contribution is 5.20. The molecule has 4 nitrogen and oxygen atoms in total. The summed E-state index contributed by atoms with van der Waals surface area (Å²) in [6.45, 7) is 8.36. The third-order valence-electron chi connectivity index (χ3n) is 3.21. The molecule has 0 saturated heterocycles. The van der Waals surface area contributed by atoms with Crippen LogP contribution in [0.1, 0.15) is 18.5 Å². The highest BCUT2D eigenvalue weighted by atomic mass is 19.1. The molecule has 0 fully saturated rings. The van der Waals surface area contributed by atoms with Crippen molar-refractivity contribution >= 4 is 0 Å². The standard InChI is InChI=1S/C17H22FN3O/c1-14(2)12-22-10-8-20-17(11-21-9-7-19-13-21)15-3-5-16(18)6-4-15/h3-7,9,13,17,20H,1,8,10-12H2,2H3. The Hall–Kier alpha value is -1.98. The maximum absolute atomic E-state index is 13.1. The second kappa shape index (κ2) is 8.46. The molecule has 0 bridgehead atoms. The summed E-state index contributed by atoms with van der Waals surface area (Å²) in [6, 6.07) is 6.64. The van der Waals surface area contributed by atoms with Gasteiger partial charge in [-0.15, -0.1) is 0 Å². The summed E-state index contributed by atoms with van der Waals surface area (Å²) in [5.41, 5.74) is 2.04. The van der Waals surface area contributed by atoms with Crippen LogP contribution in [0.25, 0.3) is 0 Å². The summed E-state index contributed by atoms with van der Waals surface area (Å²) in [4.78, 5) is 4.05. The monoisotopic (exact) mass is 303 g/mol. The van der Waals surface area contributed by atoms with Crippen molar-refractivity contribution in [1.82, 2.24) is 14.9 Å². The van der Waals surface area contributed by atoms with Crippen molar-refractivity contribution in [3.63, 3.8) is 0 Å². The molecule has 0 aliphatic rings. The number of ether oxygens (including phenoxy) is 1.